The van der Waals surface area contributed by atoms with Crippen molar-refractivity contribution in [1.29, 1.82) is 0 Å². The summed E-state index contributed by atoms with van der Waals surface area (Å²) in [6.45, 7) is 0.651. The number of thioether (sulfide) groups is 1. The molecule has 0 radical (unpaired) electrons. The fourth-order valence-corrected chi connectivity index (χ4v) is 5.35. The van der Waals surface area contributed by atoms with Crippen LogP contribution in [0.2, 0.25) is 0 Å². The van der Waals surface area contributed by atoms with Crippen LogP contribution in [0.25, 0.3) is 0 Å². The van der Waals surface area contributed by atoms with Gasteiger partial charge in [-0.2, -0.15) is 0 Å². The third kappa shape index (κ3) is 4.91. The van der Waals surface area contributed by atoms with Gasteiger partial charge in [0.15, 0.2) is 5.13 Å². The van der Waals surface area contributed by atoms with Gasteiger partial charge in [-0.15, -0.1) is 23.1 Å². The summed E-state index contributed by atoms with van der Waals surface area (Å²) in [6, 6.07) is 17.9. The summed E-state index contributed by atoms with van der Waals surface area (Å²) >= 11 is 3.01. The first-order chi connectivity index (χ1) is 14.7. The molecule has 7 heteroatoms. The first-order valence-electron chi connectivity index (χ1n) is 9.97. The van der Waals surface area contributed by atoms with Gasteiger partial charge in [-0.05, 0) is 42.5 Å². The van der Waals surface area contributed by atoms with E-state index in [1.807, 2.05) is 35.7 Å². The lowest BCUT2D eigenvalue weighted by atomic mass is 10.1. The van der Waals surface area contributed by atoms with E-state index in [1.165, 1.54) is 16.9 Å². The third-order valence-electron chi connectivity index (χ3n) is 4.95. The Hall–Kier alpha value is -2.64. The van der Waals surface area contributed by atoms with Gasteiger partial charge < -0.3 is 5.32 Å². The number of anilines is 1. The lowest BCUT2D eigenvalue weighted by molar-refractivity contribution is -0.115. The van der Waals surface area contributed by atoms with E-state index < -0.39 is 0 Å². The van der Waals surface area contributed by atoms with Gasteiger partial charge in [0.1, 0.15) is 5.37 Å². The van der Waals surface area contributed by atoms with Crippen molar-refractivity contribution >= 4 is 40.0 Å². The van der Waals surface area contributed by atoms with E-state index >= 15 is 0 Å². The standard InChI is InChI=1S/C23H23N3O2S2/c27-20-16-30-22(26(20)23-25-13-14-29-23)19-11-6-10-18(15-19)21(28)24-12-5-4-9-17-7-2-1-3-8-17/h1-3,6-8,10-11,13-15,22H,4-5,9,12,16H2,(H,24,28). The molecule has 30 heavy (non-hydrogen) atoms. The number of unbranched alkanes of at least 4 members (excludes halogenated alkanes) is 1. The molecule has 2 amide bonds. The molecule has 2 aromatic carbocycles. The second-order valence-corrected chi connectivity index (χ2v) is 9.01. The van der Waals surface area contributed by atoms with E-state index in [2.05, 4.69) is 34.6 Å². The fraction of sp³-hybridized carbons (Fsp3) is 0.261. The second kappa shape index (κ2) is 9.91. The molecule has 0 aliphatic carbocycles. The van der Waals surface area contributed by atoms with E-state index in [9.17, 15) is 9.59 Å². The van der Waals surface area contributed by atoms with Gasteiger partial charge in [-0.3, -0.25) is 14.5 Å². The van der Waals surface area contributed by atoms with Crippen LogP contribution in [-0.2, 0) is 11.2 Å². The predicted molar refractivity (Wildman–Crippen MR) is 123 cm³/mol. The van der Waals surface area contributed by atoms with Crippen molar-refractivity contribution in [2.75, 3.05) is 17.2 Å². The Balaban J connectivity index is 1.33. The van der Waals surface area contributed by atoms with Crippen LogP contribution >= 0.6 is 23.1 Å². The Morgan fingerprint density at radius 2 is 2.00 bits per heavy atom. The number of carbonyl (C=O) groups excluding carboxylic acids is 2. The van der Waals surface area contributed by atoms with Crippen molar-refractivity contribution < 1.29 is 9.59 Å². The molecule has 5 nitrogen and oxygen atoms in total. The van der Waals surface area contributed by atoms with Crippen molar-refractivity contribution in [3.8, 4) is 0 Å². The number of amides is 2. The highest BCUT2D eigenvalue weighted by molar-refractivity contribution is 8.00. The summed E-state index contributed by atoms with van der Waals surface area (Å²) in [7, 11) is 0. The Bertz CT molecular complexity index is 993. The van der Waals surface area contributed by atoms with Gasteiger partial charge in [0, 0.05) is 23.7 Å². The lowest BCUT2D eigenvalue weighted by Gasteiger charge is -2.21. The molecule has 4 rings (SSSR count). The van der Waals surface area contributed by atoms with Crippen molar-refractivity contribution in [2.24, 2.45) is 0 Å². The van der Waals surface area contributed by atoms with E-state index in [-0.39, 0.29) is 17.2 Å². The second-order valence-electron chi connectivity index (χ2n) is 7.07. The number of aryl methyl sites for hydroxylation is 1. The van der Waals surface area contributed by atoms with Gasteiger partial charge in [0.25, 0.3) is 5.91 Å². The zero-order valence-electron chi connectivity index (χ0n) is 16.5. The first kappa shape index (κ1) is 20.6. The maximum atomic E-state index is 12.6. The third-order valence-corrected chi connectivity index (χ3v) is 6.93. The van der Waals surface area contributed by atoms with Gasteiger partial charge >= 0.3 is 0 Å². The van der Waals surface area contributed by atoms with Crippen molar-refractivity contribution in [2.45, 2.75) is 24.6 Å². The number of hydrogen-bond donors (Lipinski definition) is 1. The van der Waals surface area contributed by atoms with Crippen LogP contribution in [-0.4, -0.2) is 29.1 Å². The highest BCUT2D eigenvalue weighted by atomic mass is 32.2. The Morgan fingerprint density at radius 1 is 1.13 bits per heavy atom. The highest BCUT2D eigenvalue weighted by Crippen LogP contribution is 2.42. The van der Waals surface area contributed by atoms with E-state index in [0.717, 1.165) is 24.8 Å². The number of rotatable bonds is 8. The molecule has 1 aliphatic heterocycles. The van der Waals surface area contributed by atoms with E-state index in [1.54, 1.807) is 22.9 Å². The average molecular weight is 438 g/mol. The van der Waals surface area contributed by atoms with Crippen molar-refractivity contribution in [1.82, 2.24) is 10.3 Å². The predicted octanol–water partition coefficient (Wildman–Crippen LogP) is 4.67. The molecule has 1 atom stereocenters. The van der Waals surface area contributed by atoms with Crippen LogP contribution in [0.5, 0.6) is 0 Å². The Labute approximate surface area is 184 Å². The Kier molecular flexibility index (Phi) is 6.81. The minimum Gasteiger partial charge on any atom is -0.352 e. The van der Waals surface area contributed by atoms with E-state index in [0.29, 0.717) is 23.0 Å². The quantitative estimate of drug-likeness (QED) is 0.520. The van der Waals surface area contributed by atoms with Crippen LogP contribution < -0.4 is 10.2 Å². The van der Waals surface area contributed by atoms with Gasteiger partial charge in [-0.25, -0.2) is 4.98 Å². The molecule has 1 saturated heterocycles. The maximum absolute atomic E-state index is 12.6. The van der Waals surface area contributed by atoms with Crippen LogP contribution in [0.1, 0.15) is 39.7 Å². The number of nitrogens with one attached hydrogen (secondary N) is 1. The minimum atomic E-state index is -0.151. The summed E-state index contributed by atoms with van der Waals surface area (Å²) in [5.41, 5.74) is 2.89. The molecule has 3 aromatic rings. The van der Waals surface area contributed by atoms with Crippen LogP contribution in [0, 0.1) is 0 Å². The normalized spacial score (nSPS) is 16.1. The molecule has 154 valence electrons. The summed E-state index contributed by atoms with van der Waals surface area (Å²) < 4.78 is 0. The average Bonchev–Trinajstić information content (AvgIpc) is 3.43. The fourth-order valence-electron chi connectivity index (χ4n) is 3.45. The summed E-state index contributed by atoms with van der Waals surface area (Å²) in [5.74, 6) is 0.391. The number of benzene rings is 2. The zero-order chi connectivity index (χ0) is 20.8. The first-order valence-corrected chi connectivity index (χ1v) is 11.9. The zero-order valence-corrected chi connectivity index (χ0v) is 18.1. The monoisotopic (exact) mass is 437 g/mol. The van der Waals surface area contributed by atoms with Gasteiger partial charge in [0.05, 0.1) is 5.75 Å². The van der Waals surface area contributed by atoms with Crippen molar-refractivity contribution in [3.05, 3.63) is 82.9 Å². The molecule has 1 unspecified atom stereocenters. The number of hydrogen-bond acceptors (Lipinski definition) is 5. The van der Waals surface area contributed by atoms with Crippen LogP contribution in [0.3, 0.4) is 0 Å². The molecule has 0 bridgehead atoms. The molecule has 1 aliphatic rings. The molecule has 1 aromatic heterocycles. The summed E-state index contributed by atoms with van der Waals surface area (Å²) in [4.78, 5) is 31.0. The number of thiazole rings is 1. The Morgan fingerprint density at radius 3 is 2.80 bits per heavy atom. The topological polar surface area (TPSA) is 62.3 Å². The van der Waals surface area contributed by atoms with Gasteiger partial charge in [-0.1, -0.05) is 42.5 Å². The molecule has 1 fully saturated rings. The molecular formula is C23H23N3O2S2. The molecule has 1 N–H and O–H groups in total. The van der Waals surface area contributed by atoms with E-state index in [4.69, 9.17) is 0 Å². The summed E-state index contributed by atoms with van der Waals surface area (Å²) in [6.07, 6.45) is 4.69. The molecule has 0 spiro atoms. The smallest absolute Gasteiger partial charge is 0.251 e. The van der Waals surface area contributed by atoms with Crippen LogP contribution in [0.4, 0.5) is 5.13 Å². The molecule has 2 heterocycles. The molecule has 0 saturated carbocycles. The maximum Gasteiger partial charge on any atom is 0.251 e. The van der Waals surface area contributed by atoms with Gasteiger partial charge in [0.2, 0.25) is 5.91 Å². The number of carbonyl (C=O) groups is 2. The SMILES string of the molecule is O=C(NCCCCc1ccccc1)c1cccc(C2SCC(=O)N2c2nccs2)c1. The minimum absolute atomic E-state index is 0.0493. The summed E-state index contributed by atoms with van der Waals surface area (Å²) in [5, 5.41) is 5.43. The number of aromatic nitrogens is 1. The van der Waals surface area contributed by atoms with Crippen LogP contribution in [0.15, 0.2) is 66.2 Å². The highest BCUT2D eigenvalue weighted by Gasteiger charge is 2.35. The van der Waals surface area contributed by atoms with Crippen molar-refractivity contribution in [3.63, 3.8) is 0 Å². The number of nitrogens with zero attached hydrogens (tertiary/aromatic N) is 2. The lowest BCUT2D eigenvalue weighted by Crippen LogP contribution is -2.28. The molecular weight excluding hydrogens is 414 g/mol. The largest absolute Gasteiger partial charge is 0.352 e.